The molecule has 0 saturated carbocycles. The highest BCUT2D eigenvalue weighted by molar-refractivity contribution is 5.95. The molecule has 0 bridgehead atoms. The molecule has 156 valence electrons. The summed E-state index contributed by atoms with van der Waals surface area (Å²) < 4.78 is 6.13. The van der Waals surface area contributed by atoms with Gasteiger partial charge >= 0.3 is 0 Å². The Labute approximate surface area is 182 Å². The third kappa shape index (κ3) is 4.37. The highest BCUT2D eigenvalue weighted by Crippen LogP contribution is 2.31. The van der Waals surface area contributed by atoms with Crippen LogP contribution in [0.5, 0.6) is 5.75 Å². The number of likely N-dealkylation sites (N-methyl/N-ethyl adjacent to an activating group) is 1. The minimum absolute atomic E-state index is 0.407. The smallest absolute Gasteiger partial charge is 0.159 e. The number of hydrogen-bond donors (Lipinski definition) is 0. The first-order chi connectivity index (χ1) is 15.3. The van der Waals surface area contributed by atoms with Gasteiger partial charge in [0.15, 0.2) is 5.82 Å². The van der Waals surface area contributed by atoms with Crippen molar-refractivity contribution >= 4 is 16.5 Å². The van der Waals surface area contributed by atoms with E-state index in [2.05, 4.69) is 57.1 Å². The summed E-state index contributed by atoms with van der Waals surface area (Å²) in [5, 5.41) is 2.47. The van der Waals surface area contributed by atoms with Crippen molar-refractivity contribution in [2.45, 2.75) is 6.61 Å². The lowest BCUT2D eigenvalue weighted by Crippen LogP contribution is -2.44. The standard InChI is InChI=1S/C26H26N4O/c1-29-14-16-30(17-15-29)25-9-5-8-20-10-11-23(18-24(20)25)31-19-22-12-13-27-26(28-22)21-6-3-2-4-7-21/h2-13,18H,14-17,19H2,1H3. The number of rotatable bonds is 5. The van der Waals surface area contributed by atoms with E-state index in [1.807, 2.05) is 42.5 Å². The normalized spacial score (nSPS) is 14.7. The van der Waals surface area contributed by atoms with Crippen LogP contribution >= 0.6 is 0 Å². The van der Waals surface area contributed by atoms with Gasteiger partial charge in [0.05, 0.1) is 5.69 Å². The molecule has 0 aliphatic carbocycles. The molecule has 1 aliphatic heterocycles. The summed E-state index contributed by atoms with van der Waals surface area (Å²) >= 11 is 0. The second-order valence-electron chi connectivity index (χ2n) is 7.98. The van der Waals surface area contributed by atoms with Crippen molar-refractivity contribution in [3.8, 4) is 17.1 Å². The van der Waals surface area contributed by atoms with Crippen LogP contribution in [0.1, 0.15) is 5.69 Å². The summed E-state index contributed by atoms with van der Waals surface area (Å²) in [5.41, 5.74) is 3.15. The van der Waals surface area contributed by atoms with Gasteiger partial charge in [-0.25, -0.2) is 9.97 Å². The number of aromatic nitrogens is 2. The van der Waals surface area contributed by atoms with E-state index in [0.717, 1.165) is 49.0 Å². The van der Waals surface area contributed by atoms with E-state index in [-0.39, 0.29) is 0 Å². The first kappa shape index (κ1) is 19.5. The van der Waals surface area contributed by atoms with Gasteiger partial charge in [-0.05, 0) is 36.7 Å². The van der Waals surface area contributed by atoms with Crippen LogP contribution in [0.3, 0.4) is 0 Å². The molecule has 4 aromatic rings. The molecular formula is C26H26N4O. The Morgan fingerprint density at radius 2 is 1.71 bits per heavy atom. The highest BCUT2D eigenvalue weighted by Gasteiger charge is 2.16. The molecule has 3 aromatic carbocycles. The fraction of sp³-hybridized carbons (Fsp3) is 0.231. The minimum atomic E-state index is 0.407. The number of nitrogens with zero attached hydrogens (tertiary/aromatic N) is 4. The molecule has 1 fully saturated rings. The first-order valence-electron chi connectivity index (χ1n) is 10.7. The van der Waals surface area contributed by atoms with Crippen molar-refractivity contribution < 1.29 is 4.74 Å². The van der Waals surface area contributed by atoms with Crippen molar-refractivity contribution in [2.75, 3.05) is 38.1 Å². The Hall–Kier alpha value is -3.44. The number of anilines is 1. The van der Waals surface area contributed by atoms with E-state index in [4.69, 9.17) is 4.74 Å². The van der Waals surface area contributed by atoms with Gasteiger partial charge in [0, 0.05) is 49.0 Å². The monoisotopic (exact) mass is 410 g/mol. The number of benzene rings is 3. The highest BCUT2D eigenvalue weighted by atomic mass is 16.5. The molecule has 31 heavy (non-hydrogen) atoms. The SMILES string of the molecule is CN1CCN(c2cccc3ccc(OCc4ccnc(-c5ccccc5)n4)cc23)CC1. The lowest BCUT2D eigenvalue weighted by molar-refractivity contribution is 0.301. The maximum absolute atomic E-state index is 6.13. The zero-order valence-electron chi connectivity index (χ0n) is 17.7. The lowest BCUT2D eigenvalue weighted by Gasteiger charge is -2.34. The quantitative estimate of drug-likeness (QED) is 0.480. The fourth-order valence-corrected chi connectivity index (χ4v) is 4.01. The van der Waals surface area contributed by atoms with E-state index >= 15 is 0 Å². The molecule has 0 radical (unpaired) electrons. The Morgan fingerprint density at radius 3 is 2.55 bits per heavy atom. The molecule has 5 nitrogen and oxygen atoms in total. The summed E-state index contributed by atoms with van der Waals surface area (Å²) in [6.07, 6.45) is 1.79. The largest absolute Gasteiger partial charge is 0.487 e. The van der Waals surface area contributed by atoms with Gasteiger partial charge in [0.2, 0.25) is 0 Å². The van der Waals surface area contributed by atoms with Crippen LogP contribution in [0, 0.1) is 0 Å². The van der Waals surface area contributed by atoms with Gasteiger partial charge in [-0.2, -0.15) is 0 Å². The van der Waals surface area contributed by atoms with Crippen molar-refractivity contribution in [3.05, 3.63) is 84.7 Å². The van der Waals surface area contributed by atoms with E-state index in [1.165, 1.54) is 16.5 Å². The summed E-state index contributed by atoms with van der Waals surface area (Å²) in [5.74, 6) is 1.58. The molecule has 2 heterocycles. The zero-order chi connectivity index (χ0) is 21.0. The molecule has 0 atom stereocenters. The Bertz CT molecular complexity index is 1170. The van der Waals surface area contributed by atoms with Crippen LogP contribution in [0.15, 0.2) is 79.0 Å². The summed E-state index contributed by atoms with van der Waals surface area (Å²) in [6.45, 7) is 4.67. The van der Waals surface area contributed by atoms with Crippen LogP contribution in [0.25, 0.3) is 22.2 Å². The molecular weight excluding hydrogens is 384 g/mol. The maximum atomic E-state index is 6.13. The van der Waals surface area contributed by atoms with E-state index in [0.29, 0.717) is 6.61 Å². The molecule has 0 N–H and O–H groups in total. The van der Waals surface area contributed by atoms with Crippen molar-refractivity contribution in [1.82, 2.24) is 14.9 Å². The minimum Gasteiger partial charge on any atom is -0.487 e. The van der Waals surface area contributed by atoms with Crippen LogP contribution in [0.2, 0.25) is 0 Å². The van der Waals surface area contributed by atoms with Gasteiger partial charge in [-0.1, -0.05) is 48.5 Å². The molecule has 0 spiro atoms. The Morgan fingerprint density at radius 1 is 0.871 bits per heavy atom. The summed E-state index contributed by atoms with van der Waals surface area (Å²) in [4.78, 5) is 13.9. The molecule has 5 rings (SSSR count). The lowest BCUT2D eigenvalue weighted by atomic mass is 10.1. The van der Waals surface area contributed by atoms with Crippen molar-refractivity contribution in [3.63, 3.8) is 0 Å². The van der Waals surface area contributed by atoms with Crippen LogP contribution in [0.4, 0.5) is 5.69 Å². The van der Waals surface area contributed by atoms with Crippen LogP contribution in [-0.4, -0.2) is 48.1 Å². The van der Waals surface area contributed by atoms with Crippen molar-refractivity contribution in [1.29, 1.82) is 0 Å². The molecule has 1 saturated heterocycles. The van der Waals surface area contributed by atoms with Crippen LogP contribution < -0.4 is 9.64 Å². The average molecular weight is 411 g/mol. The zero-order valence-corrected chi connectivity index (χ0v) is 17.7. The number of fused-ring (bicyclic) bond motifs is 1. The van der Waals surface area contributed by atoms with E-state index in [1.54, 1.807) is 6.20 Å². The molecule has 1 aromatic heterocycles. The van der Waals surface area contributed by atoms with E-state index in [9.17, 15) is 0 Å². The number of piperazine rings is 1. The van der Waals surface area contributed by atoms with Gasteiger partial charge in [-0.3, -0.25) is 0 Å². The third-order valence-corrected chi connectivity index (χ3v) is 5.81. The average Bonchev–Trinajstić information content (AvgIpc) is 2.83. The van der Waals surface area contributed by atoms with Crippen LogP contribution in [-0.2, 0) is 6.61 Å². The third-order valence-electron chi connectivity index (χ3n) is 5.81. The van der Waals surface area contributed by atoms with Gasteiger partial charge < -0.3 is 14.5 Å². The molecule has 1 aliphatic rings. The summed E-state index contributed by atoms with van der Waals surface area (Å²) in [6, 6.07) is 24.8. The Balaban J connectivity index is 1.36. The number of ether oxygens (including phenoxy) is 1. The van der Waals surface area contributed by atoms with E-state index < -0.39 is 0 Å². The molecule has 0 amide bonds. The topological polar surface area (TPSA) is 41.5 Å². The first-order valence-corrected chi connectivity index (χ1v) is 10.7. The predicted octanol–water partition coefficient (Wildman–Crippen LogP) is 4.63. The second-order valence-corrected chi connectivity index (χ2v) is 7.98. The van der Waals surface area contributed by atoms with Crippen molar-refractivity contribution in [2.24, 2.45) is 0 Å². The van der Waals surface area contributed by atoms with Gasteiger partial charge in [0.25, 0.3) is 0 Å². The molecule has 0 unspecified atom stereocenters. The van der Waals surface area contributed by atoms with Gasteiger partial charge in [-0.15, -0.1) is 0 Å². The summed E-state index contributed by atoms with van der Waals surface area (Å²) in [7, 11) is 2.18. The maximum Gasteiger partial charge on any atom is 0.159 e. The van der Waals surface area contributed by atoms with Gasteiger partial charge in [0.1, 0.15) is 12.4 Å². The Kier molecular flexibility index (Phi) is 5.50. The second kappa shape index (κ2) is 8.74. The number of hydrogen-bond acceptors (Lipinski definition) is 5. The predicted molar refractivity (Wildman–Crippen MR) is 125 cm³/mol. The molecule has 5 heteroatoms. The fourth-order valence-electron chi connectivity index (χ4n) is 4.01.